The number of non-ortho nitro benzene ring substituents is 1. The van der Waals surface area contributed by atoms with E-state index >= 15 is 0 Å². The number of nitrogens with zero attached hydrogens (tertiary/aromatic N) is 1. The Morgan fingerprint density at radius 1 is 1.18 bits per heavy atom. The number of rotatable bonds is 9. The maximum atomic E-state index is 11.4. The topological polar surface area (TPSA) is 142 Å². The van der Waals surface area contributed by atoms with Crippen LogP contribution in [0.25, 0.3) is 0 Å². The highest BCUT2D eigenvalue weighted by Crippen LogP contribution is 2.29. The van der Waals surface area contributed by atoms with Gasteiger partial charge >= 0.3 is 0 Å². The molecule has 0 amide bonds. The van der Waals surface area contributed by atoms with Crippen molar-refractivity contribution in [2.45, 2.75) is 25.5 Å². The third kappa shape index (κ3) is 6.19. The lowest BCUT2D eigenvalue weighted by molar-refractivity contribution is -0.384. The van der Waals surface area contributed by atoms with Crippen LogP contribution in [0.15, 0.2) is 42.5 Å². The molecule has 0 radical (unpaired) electrons. The van der Waals surface area contributed by atoms with Crippen LogP contribution in [0.4, 0.5) is 11.4 Å². The second-order valence-corrected chi connectivity index (χ2v) is 8.26. The van der Waals surface area contributed by atoms with Crippen LogP contribution in [0.2, 0.25) is 0 Å². The maximum absolute atomic E-state index is 11.4. The zero-order chi connectivity index (χ0) is 20.9. The zero-order valence-corrected chi connectivity index (χ0v) is 16.3. The van der Waals surface area contributed by atoms with E-state index in [0.717, 1.165) is 11.8 Å². The van der Waals surface area contributed by atoms with E-state index < -0.39 is 21.1 Å². The Morgan fingerprint density at radius 2 is 1.82 bits per heavy atom. The number of anilines is 1. The number of aliphatic hydroxyl groups is 1. The van der Waals surface area contributed by atoms with Crippen LogP contribution >= 0.6 is 0 Å². The minimum Gasteiger partial charge on any atom is -0.506 e. The summed E-state index contributed by atoms with van der Waals surface area (Å²) < 4.78 is 24.9. The summed E-state index contributed by atoms with van der Waals surface area (Å²) in [4.78, 5) is 10.2. The fraction of sp³-hybridized carbons (Fsp3) is 0.333. The molecule has 4 N–H and O–H groups in total. The minimum atomic E-state index is -3.57. The van der Waals surface area contributed by atoms with Crippen LogP contribution in [-0.2, 0) is 16.4 Å². The van der Waals surface area contributed by atoms with Crippen molar-refractivity contribution in [3.05, 3.63) is 63.7 Å². The molecule has 0 aliphatic heterocycles. The Morgan fingerprint density at radius 3 is 2.39 bits per heavy atom. The molecule has 9 nitrogen and oxygen atoms in total. The Balaban J connectivity index is 1.95. The van der Waals surface area contributed by atoms with Crippen LogP contribution in [-0.4, -0.2) is 42.4 Å². The van der Waals surface area contributed by atoms with E-state index in [9.17, 15) is 28.7 Å². The van der Waals surface area contributed by atoms with Gasteiger partial charge in [0.15, 0.2) is 0 Å². The molecular weight excluding hydrogens is 386 g/mol. The lowest BCUT2D eigenvalue weighted by Gasteiger charge is -2.21. The summed E-state index contributed by atoms with van der Waals surface area (Å²) in [7, 11) is -3.57. The normalized spacial score (nSPS) is 13.7. The van der Waals surface area contributed by atoms with Crippen LogP contribution < -0.4 is 10.0 Å². The van der Waals surface area contributed by atoms with Crippen molar-refractivity contribution < 1.29 is 23.6 Å². The fourth-order valence-corrected chi connectivity index (χ4v) is 3.21. The molecule has 2 atom stereocenters. The third-order valence-electron chi connectivity index (χ3n) is 4.16. The average molecular weight is 409 g/mol. The molecule has 0 saturated heterocycles. The molecule has 0 saturated carbocycles. The van der Waals surface area contributed by atoms with Gasteiger partial charge in [-0.15, -0.1) is 0 Å². The lowest BCUT2D eigenvalue weighted by atomic mass is 10.0. The van der Waals surface area contributed by atoms with Crippen LogP contribution in [0, 0.1) is 10.1 Å². The van der Waals surface area contributed by atoms with Crippen LogP contribution in [0.3, 0.4) is 0 Å². The first kappa shape index (κ1) is 21.6. The molecule has 0 fully saturated rings. The van der Waals surface area contributed by atoms with Gasteiger partial charge in [0.2, 0.25) is 10.0 Å². The number of nitrogens with one attached hydrogen (secondary N) is 2. The summed E-state index contributed by atoms with van der Waals surface area (Å²) in [6.07, 6.45) is 0.654. The van der Waals surface area contributed by atoms with E-state index in [1.165, 1.54) is 30.3 Å². The summed E-state index contributed by atoms with van der Waals surface area (Å²) >= 11 is 0. The molecule has 2 aromatic rings. The number of hydrogen-bond donors (Lipinski definition) is 4. The van der Waals surface area contributed by atoms with Crippen LogP contribution in [0.5, 0.6) is 5.75 Å². The number of aromatic hydroxyl groups is 1. The van der Waals surface area contributed by atoms with Crippen LogP contribution in [0.1, 0.15) is 24.2 Å². The molecule has 0 bridgehead atoms. The summed E-state index contributed by atoms with van der Waals surface area (Å²) in [6.45, 7) is 2.31. The number of aliphatic hydroxyl groups excluding tert-OH is 1. The summed E-state index contributed by atoms with van der Waals surface area (Å²) in [5, 5.41) is 34.1. The van der Waals surface area contributed by atoms with E-state index in [2.05, 4.69) is 10.0 Å². The van der Waals surface area contributed by atoms with Gasteiger partial charge in [-0.2, -0.15) is 0 Å². The molecule has 2 unspecified atom stereocenters. The average Bonchev–Trinajstić information content (AvgIpc) is 2.62. The lowest BCUT2D eigenvalue weighted by Crippen LogP contribution is -2.33. The van der Waals surface area contributed by atoms with E-state index in [1.807, 2.05) is 0 Å². The highest BCUT2D eigenvalue weighted by atomic mass is 32.2. The van der Waals surface area contributed by atoms with Crippen molar-refractivity contribution in [1.82, 2.24) is 5.32 Å². The number of benzene rings is 2. The summed E-state index contributed by atoms with van der Waals surface area (Å²) in [6, 6.07) is 10.1. The minimum absolute atomic E-state index is 0.00266. The van der Waals surface area contributed by atoms with Crippen molar-refractivity contribution >= 4 is 21.4 Å². The van der Waals surface area contributed by atoms with Gasteiger partial charge in [-0.05, 0) is 43.1 Å². The van der Waals surface area contributed by atoms with Gasteiger partial charge in [0.1, 0.15) is 5.75 Å². The Kier molecular flexibility index (Phi) is 6.95. The number of phenols is 1. The van der Waals surface area contributed by atoms with Gasteiger partial charge in [0, 0.05) is 18.2 Å². The molecule has 0 aromatic heterocycles. The molecule has 0 aliphatic rings. The highest BCUT2D eigenvalue weighted by Gasteiger charge is 2.18. The quantitative estimate of drug-likeness (QED) is 0.282. The summed E-state index contributed by atoms with van der Waals surface area (Å²) in [5.41, 5.74) is 1.40. The van der Waals surface area contributed by atoms with Gasteiger partial charge < -0.3 is 15.5 Å². The third-order valence-corrected chi connectivity index (χ3v) is 4.75. The Labute approximate surface area is 163 Å². The number of nitro groups is 1. The van der Waals surface area contributed by atoms with Crippen molar-refractivity contribution in [3.8, 4) is 5.75 Å². The Bertz CT molecular complexity index is 931. The SMILES string of the molecule is CC(NCCc1ccc([N+](=O)[O-])cc1)C(O)c1ccc(O)c(NS(C)(=O)=O)c1. The summed E-state index contributed by atoms with van der Waals surface area (Å²) in [5.74, 6) is -0.236. The zero-order valence-electron chi connectivity index (χ0n) is 15.5. The van der Waals surface area contributed by atoms with Crippen molar-refractivity contribution in [2.75, 3.05) is 17.5 Å². The van der Waals surface area contributed by atoms with E-state index in [-0.39, 0.29) is 23.2 Å². The first-order valence-electron chi connectivity index (χ1n) is 8.52. The second kappa shape index (κ2) is 9.00. The van der Waals surface area contributed by atoms with Gasteiger partial charge in [-0.1, -0.05) is 18.2 Å². The molecular formula is C18H23N3O6S. The molecule has 2 aromatic carbocycles. The number of hydrogen-bond acceptors (Lipinski definition) is 7. The van der Waals surface area contributed by atoms with Crippen molar-refractivity contribution in [2.24, 2.45) is 0 Å². The monoisotopic (exact) mass is 409 g/mol. The van der Waals surface area contributed by atoms with Crippen molar-refractivity contribution in [3.63, 3.8) is 0 Å². The Hall–Kier alpha value is -2.69. The number of nitro benzene ring substituents is 1. The van der Waals surface area contributed by atoms with Gasteiger partial charge in [-0.25, -0.2) is 8.42 Å². The van der Waals surface area contributed by atoms with Gasteiger partial charge in [0.05, 0.1) is 23.0 Å². The van der Waals surface area contributed by atoms with E-state index in [4.69, 9.17) is 0 Å². The maximum Gasteiger partial charge on any atom is 0.269 e. The van der Waals surface area contributed by atoms with E-state index in [0.29, 0.717) is 18.5 Å². The molecule has 10 heteroatoms. The predicted molar refractivity (Wildman–Crippen MR) is 106 cm³/mol. The second-order valence-electron chi connectivity index (χ2n) is 6.51. The molecule has 2 rings (SSSR count). The molecule has 152 valence electrons. The number of sulfonamides is 1. The molecule has 0 spiro atoms. The van der Waals surface area contributed by atoms with Crippen molar-refractivity contribution in [1.29, 1.82) is 0 Å². The highest BCUT2D eigenvalue weighted by molar-refractivity contribution is 7.92. The number of phenolic OH excluding ortho intramolecular Hbond substituents is 1. The smallest absolute Gasteiger partial charge is 0.269 e. The fourth-order valence-electron chi connectivity index (χ4n) is 2.65. The van der Waals surface area contributed by atoms with Gasteiger partial charge in [-0.3, -0.25) is 14.8 Å². The molecule has 28 heavy (non-hydrogen) atoms. The molecule has 0 heterocycles. The first-order chi connectivity index (χ1) is 13.1. The largest absolute Gasteiger partial charge is 0.506 e. The standard InChI is InChI=1S/C18H23N3O6S/c1-12(19-10-9-13-3-6-15(7-4-13)21(24)25)18(23)14-5-8-17(22)16(11-14)20-28(2,26)27/h3-8,11-12,18-20,22-23H,9-10H2,1-2H3. The molecule has 0 aliphatic carbocycles. The van der Waals surface area contributed by atoms with Gasteiger partial charge in [0.25, 0.3) is 5.69 Å². The first-order valence-corrected chi connectivity index (χ1v) is 10.4. The van der Waals surface area contributed by atoms with E-state index in [1.54, 1.807) is 19.1 Å². The predicted octanol–water partition coefficient (Wildman–Crippen LogP) is 1.93.